The van der Waals surface area contributed by atoms with Crippen LogP contribution in [-0.4, -0.2) is 0 Å². The van der Waals surface area contributed by atoms with Gasteiger partial charge in [-0.25, -0.2) is 0 Å². The molecule has 1 aromatic rings. The van der Waals surface area contributed by atoms with Gasteiger partial charge in [-0.2, -0.15) is 11.3 Å². The summed E-state index contributed by atoms with van der Waals surface area (Å²) in [7, 11) is 0. The Kier molecular flexibility index (Phi) is 7.71. The largest absolute Gasteiger partial charge is 0.152 e. The lowest BCUT2D eigenvalue weighted by Gasteiger charge is -1.77. The Hall–Kier alpha value is -0.820. The average Bonchev–Trinajstić information content (AvgIpc) is 2.61. The van der Waals surface area contributed by atoms with E-state index in [9.17, 15) is 0 Å². The van der Waals surface area contributed by atoms with Crippen LogP contribution in [0.4, 0.5) is 0 Å². The topological polar surface area (TPSA) is 0 Å². The molecule has 0 N–H and O–H groups in total. The van der Waals surface area contributed by atoms with Crippen molar-refractivity contribution in [2.45, 2.75) is 20.8 Å². The molecule has 0 unspecified atom stereocenters. The zero-order chi connectivity index (χ0) is 9.23. The van der Waals surface area contributed by atoms with Crippen molar-refractivity contribution >= 4 is 17.4 Å². The molecule has 12 heavy (non-hydrogen) atoms. The quantitative estimate of drug-likeness (QED) is 0.593. The van der Waals surface area contributed by atoms with E-state index >= 15 is 0 Å². The molecule has 0 radical (unpaired) electrons. The summed E-state index contributed by atoms with van der Waals surface area (Å²) in [5, 5.41) is 4.20. The van der Waals surface area contributed by atoms with E-state index in [-0.39, 0.29) is 0 Å². The van der Waals surface area contributed by atoms with Gasteiger partial charge in [-0.15, -0.1) is 0 Å². The van der Waals surface area contributed by atoms with E-state index in [0.29, 0.717) is 0 Å². The smallest absolute Gasteiger partial charge is 0.00208 e. The van der Waals surface area contributed by atoms with Gasteiger partial charge in [0.25, 0.3) is 0 Å². The molecule has 0 aliphatic heterocycles. The lowest BCUT2D eigenvalue weighted by Crippen LogP contribution is -1.56. The minimum absolute atomic E-state index is 1.28. The second-order valence-electron chi connectivity index (χ2n) is 1.94. The van der Waals surface area contributed by atoms with Gasteiger partial charge in [-0.05, 0) is 29.3 Å². The Morgan fingerprint density at radius 2 is 2.00 bits per heavy atom. The van der Waals surface area contributed by atoms with Crippen LogP contribution in [0.5, 0.6) is 0 Å². The first kappa shape index (κ1) is 11.2. The fourth-order valence-electron chi connectivity index (χ4n) is 0.648. The summed E-state index contributed by atoms with van der Waals surface area (Å²) >= 11 is 1.72. The average molecular weight is 180 g/mol. The SMILES string of the molecule is C/C=C\C=C/c1ccsc1.CC. The van der Waals surface area contributed by atoms with Crippen LogP contribution in [0, 0.1) is 0 Å². The Morgan fingerprint density at radius 3 is 2.50 bits per heavy atom. The molecule has 0 nitrogen and oxygen atoms in total. The molecule has 1 rings (SSSR count). The Morgan fingerprint density at radius 1 is 1.25 bits per heavy atom. The Labute approximate surface area is 79.3 Å². The van der Waals surface area contributed by atoms with Crippen molar-refractivity contribution in [1.82, 2.24) is 0 Å². The zero-order valence-electron chi connectivity index (χ0n) is 7.95. The molecule has 0 saturated carbocycles. The van der Waals surface area contributed by atoms with Crippen LogP contribution in [-0.2, 0) is 0 Å². The molecular formula is C11H16S. The fraction of sp³-hybridized carbons (Fsp3) is 0.273. The van der Waals surface area contributed by atoms with Crippen molar-refractivity contribution in [3.8, 4) is 0 Å². The zero-order valence-corrected chi connectivity index (χ0v) is 8.77. The van der Waals surface area contributed by atoms with Gasteiger partial charge in [0, 0.05) is 0 Å². The van der Waals surface area contributed by atoms with Gasteiger partial charge in [0.2, 0.25) is 0 Å². The first-order chi connectivity index (χ1) is 5.93. The molecular weight excluding hydrogens is 164 g/mol. The molecule has 0 aliphatic carbocycles. The van der Waals surface area contributed by atoms with E-state index in [1.807, 2.05) is 39.0 Å². The molecule has 0 saturated heterocycles. The highest BCUT2D eigenvalue weighted by Gasteiger charge is 1.80. The van der Waals surface area contributed by atoms with Crippen LogP contribution in [0.25, 0.3) is 6.08 Å². The van der Waals surface area contributed by atoms with Gasteiger partial charge in [0.1, 0.15) is 0 Å². The normalized spacial score (nSPS) is 10.2. The van der Waals surface area contributed by atoms with Gasteiger partial charge >= 0.3 is 0 Å². The lowest BCUT2D eigenvalue weighted by atomic mass is 10.3. The van der Waals surface area contributed by atoms with Crippen LogP contribution in [0.3, 0.4) is 0 Å². The van der Waals surface area contributed by atoms with Crippen LogP contribution >= 0.6 is 11.3 Å². The predicted molar refractivity (Wildman–Crippen MR) is 59.5 cm³/mol. The molecule has 0 aromatic carbocycles. The third-order valence-corrected chi connectivity index (χ3v) is 1.84. The van der Waals surface area contributed by atoms with Crippen molar-refractivity contribution in [2.75, 3.05) is 0 Å². The van der Waals surface area contributed by atoms with E-state index in [0.717, 1.165) is 0 Å². The fourth-order valence-corrected chi connectivity index (χ4v) is 1.28. The number of hydrogen-bond acceptors (Lipinski definition) is 1. The maximum Gasteiger partial charge on any atom is -0.00208 e. The monoisotopic (exact) mass is 180 g/mol. The second kappa shape index (κ2) is 8.28. The van der Waals surface area contributed by atoms with Crippen molar-refractivity contribution < 1.29 is 0 Å². The van der Waals surface area contributed by atoms with E-state index in [4.69, 9.17) is 0 Å². The molecule has 0 spiro atoms. The predicted octanol–water partition coefficient (Wildman–Crippen LogP) is 4.36. The van der Waals surface area contributed by atoms with Crippen LogP contribution in [0.1, 0.15) is 26.3 Å². The summed E-state index contributed by atoms with van der Waals surface area (Å²) < 4.78 is 0. The molecule has 1 heterocycles. The molecule has 0 atom stereocenters. The maximum atomic E-state index is 2.12. The number of hydrogen-bond donors (Lipinski definition) is 0. The van der Waals surface area contributed by atoms with E-state index in [1.165, 1.54) is 5.56 Å². The Bertz CT molecular complexity index is 217. The molecule has 1 heteroatoms. The number of allylic oxidation sites excluding steroid dienone is 3. The van der Waals surface area contributed by atoms with Gasteiger partial charge in [-0.1, -0.05) is 38.2 Å². The molecule has 66 valence electrons. The van der Waals surface area contributed by atoms with Crippen LogP contribution in [0.2, 0.25) is 0 Å². The van der Waals surface area contributed by atoms with Crippen molar-refractivity contribution in [2.24, 2.45) is 0 Å². The summed E-state index contributed by atoms with van der Waals surface area (Å²) in [6.45, 7) is 6.01. The molecule has 1 aromatic heterocycles. The standard InChI is InChI=1S/C9H10S.C2H6/c1-2-3-4-5-9-6-7-10-8-9;1-2/h2-8H,1H3;1-2H3/b3-2-,5-4-;. The van der Waals surface area contributed by atoms with Gasteiger partial charge in [0.05, 0.1) is 0 Å². The highest BCUT2D eigenvalue weighted by Crippen LogP contribution is 2.07. The second-order valence-corrected chi connectivity index (χ2v) is 2.72. The minimum Gasteiger partial charge on any atom is -0.152 e. The van der Waals surface area contributed by atoms with Crippen molar-refractivity contribution in [3.05, 3.63) is 40.6 Å². The summed E-state index contributed by atoms with van der Waals surface area (Å²) in [5.41, 5.74) is 1.28. The van der Waals surface area contributed by atoms with Crippen LogP contribution in [0.15, 0.2) is 35.1 Å². The van der Waals surface area contributed by atoms with E-state index in [1.54, 1.807) is 11.3 Å². The van der Waals surface area contributed by atoms with Gasteiger partial charge in [-0.3, -0.25) is 0 Å². The number of rotatable bonds is 2. The molecule has 0 bridgehead atoms. The first-order valence-electron chi connectivity index (χ1n) is 4.25. The highest BCUT2D eigenvalue weighted by atomic mass is 32.1. The minimum atomic E-state index is 1.28. The van der Waals surface area contributed by atoms with Crippen molar-refractivity contribution in [3.63, 3.8) is 0 Å². The van der Waals surface area contributed by atoms with Gasteiger partial charge < -0.3 is 0 Å². The first-order valence-corrected chi connectivity index (χ1v) is 5.19. The van der Waals surface area contributed by atoms with Crippen LogP contribution < -0.4 is 0 Å². The highest BCUT2D eigenvalue weighted by molar-refractivity contribution is 7.08. The third-order valence-electron chi connectivity index (χ3n) is 1.14. The molecule has 0 amide bonds. The summed E-state index contributed by atoms with van der Waals surface area (Å²) in [6, 6.07) is 2.10. The third kappa shape index (κ3) is 4.91. The maximum absolute atomic E-state index is 2.12. The molecule has 0 fully saturated rings. The summed E-state index contributed by atoms with van der Waals surface area (Å²) in [4.78, 5) is 0. The molecule has 0 aliphatic rings. The van der Waals surface area contributed by atoms with Crippen molar-refractivity contribution in [1.29, 1.82) is 0 Å². The van der Waals surface area contributed by atoms with E-state index in [2.05, 4.69) is 22.9 Å². The van der Waals surface area contributed by atoms with Gasteiger partial charge in [0.15, 0.2) is 0 Å². The lowest BCUT2D eigenvalue weighted by molar-refractivity contribution is 1.50. The Balaban J connectivity index is 0.000000561. The summed E-state index contributed by atoms with van der Waals surface area (Å²) in [5.74, 6) is 0. The summed E-state index contributed by atoms with van der Waals surface area (Å²) in [6.07, 6.45) is 8.18. The van der Waals surface area contributed by atoms with E-state index < -0.39 is 0 Å². The number of thiophene rings is 1.